The molecule has 1 unspecified atom stereocenters. The minimum absolute atomic E-state index is 0.0112. The zero-order valence-corrected chi connectivity index (χ0v) is 12.7. The first kappa shape index (κ1) is 17.4. The van der Waals surface area contributed by atoms with E-state index < -0.39 is 30.4 Å². The van der Waals surface area contributed by atoms with Crippen LogP contribution in [0.4, 0.5) is 13.2 Å². The number of aromatic nitrogens is 2. The molecule has 136 valence electrons. The zero-order valence-electron chi connectivity index (χ0n) is 12.7. The molecule has 1 fully saturated rings. The van der Waals surface area contributed by atoms with Gasteiger partial charge in [0.1, 0.15) is 5.76 Å². The molecule has 3 heterocycles. The maximum atomic E-state index is 12.2. The van der Waals surface area contributed by atoms with Gasteiger partial charge in [-0.2, -0.15) is 18.2 Å². The summed E-state index contributed by atoms with van der Waals surface area (Å²) < 4.78 is 47.5. The zero-order chi connectivity index (χ0) is 18.2. The summed E-state index contributed by atoms with van der Waals surface area (Å²) in [7, 11) is 0. The number of hydrogen-bond donors (Lipinski definition) is 3. The van der Waals surface area contributed by atoms with Crippen molar-refractivity contribution in [1.82, 2.24) is 15.3 Å². The van der Waals surface area contributed by atoms with Crippen molar-refractivity contribution in [2.75, 3.05) is 6.61 Å². The lowest BCUT2D eigenvalue weighted by Gasteiger charge is -2.12. The highest BCUT2D eigenvalue weighted by Crippen LogP contribution is 2.34. The van der Waals surface area contributed by atoms with Crippen LogP contribution in [-0.2, 0) is 16.1 Å². The average Bonchev–Trinajstić information content (AvgIpc) is 3.17. The summed E-state index contributed by atoms with van der Waals surface area (Å²) >= 11 is 0. The lowest BCUT2D eigenvalue weighted by Crippen LogP contribution is -2.36. The number of nitrogens with one attached hydrogen (secondary N) is 2. The summed E-state index contributed by atoms with van der Waals surface area (Å²) in [5, 5.41) is 11.2. The van der Waals surface area contributed by atoms with E-state index in [0.29, 0.717) is 23.9 Å². The maximum absolute atomic E-state index is 12.2. The van der Waals surface area contributed by atoms with Crippen molar-refractivity contribution >= 4 is 17.0 Å². The molecule has 25 heavy (non-hydrogen) atoms. The fourth-order valence-corrected chi connectivity index (χ4v) is 2.67. The van der Waals surface area contributed by atoms with E-state index in [9.17, 15) is 22.8 Å². The van der Waals surface area contributed by atoms with Crippen molar-refractivity contribution in [3.63, 3.8) is 0 Å². The molecule has 1 saturated heterocycles. The number of fused-ring (bicyclic) bond motifs is 1. The molecule has 0 saturated carbocycles. The summed E-state index contributed by atoms with van der Waals surface area (Å²) in [6.45, 7) is -0.664. The van der Waals surface area contributed by atoms with E-state index in [-0.39, 0.29) is 24.2 Å². The van der Waals surface area contributed by atoms with Crippen LogP contribution in [0.3, 0.4) is 0 Å². The molecule has 1 amide bonds. The van der Waals surface area contributed by atoms with Crippen LogP contribution in [0.5, 0.6) is 0 Å². The number of rotatable bonds is 4. The third-order valence-electron chi connectivity index (χ3n) is 3.81. The third kappa shape index (κ3) is 3.66. The molecule has 0 bridgehead atoms. The molecule has 11 heteroatoms. The van der Waals surface area contributed by atoms with Crippen molar-refractivity contribution < 1.29 is 32.2 Å². The lowest BCUT2D eigenvalue weighted by atomic mass is 10.1. The maximum Gasteiger partial charge on any atom is 0.471 e. The number of ether oxygens (including phenoxy) is 1. The summed E-state index contributed by atoms with van der Waals surface area (Å²) in [5.74, 6) is -2.08. The number of aromatic amines is 1. The topological polar surface area (TPSA) is 117 Å². The molecule has 1 aliphatic heterocycles. The fraction of sp³-hybridized carbons (Fsp3) is 0.500. The van der Waals surface area contributed by atoms with Crippen LogP contribution < -0.4 is 11.0 Å². The minimum atomic E-state index is -5.00. The Morgan fingerprint density at radius 2 is 2.20 bits per heavy atom. The third-order valence-corrected chi connectivity index (χ3v) is 3.81. The Kier molecular flexibility index (Phi) is 4.52. The number of aliphatic hydroxyl groups is 1. The first-order chi connectivity index (χ1) is 11.8. The van der Waals surface area contributed by atoms with Gasteiger partial charge in [-0.05, 0) is 18.9 Å². The number of nitrogens with zero attached hydrogens (tertiary/aromatic N) is 1. The van der Waals surface area contributed by atoms with E-state index in [1.807, 2.05) is 0 Å². The Hall–Kier alpha value is -2.40. The molecule has 2 aromatic rings. The smallest absolute Gasteiger partial charge is 0.441 e. The van der Waals surface area contributed by atoms with Crippen molar-refractivity contribution in [2.24, 2.45) is 0 Å². The Labute approximate surface area is 138 Å². The van der Waals surface area contributed by atoms with Gasteiger partial charge in [-0.3, -0.25) is 4.79 Å². The summed E-state index contributed by atoms with van der Waals surface area (Å²) in [6.07, 6.45) is -4.70. The summed E-state index contributed by atoms with van der Waals surface area (Å²) in [5.41, 5.74) is -0.382. The SMILES string of the molecule is O=C(NCc1cc2c(C3CC[C@@H](CO)O3)[nH]c(=O)nc2o1)C(F)(F)F. The Morgan fingerprint density at radius 3 is 2.84 bits per heavy atom. The monoisotopic (exact) mass is 361 g/mol. The van der Waals surface area contributed by atoms with Crippen molar-refractivity contribution in [2.45, 2.75) is 37.8 Å². The number of hydrogen-bond acceptors (Lipinski definition) is 6. The van der Waals surface area contributed by atoms with Gasteiger partial charge in [-0.15, -0.1) is 0 Å². The molecule has 8 nitrogen and oxygen atoms in total. The van der Waals surface area contributed by atoms with E-state index in [0.717, 1.165) is 0 Å². The van der Waals surface area contributed by atoms with Gasteiger partial charge in [-0.25, -0.2) is 4.79 Å². The molecule has 0 aliphatic carbocycles. The van der Waals surface area contributed by atoms with E-state index >= 15 is 0 Å². The van der Waals surface area contributed by atoms with E-state index in [4.69, 9.17) is 14.3 Å². The first-order valence-electron chi connectivity index (χ1n) is 7.42. The Morgan fingerprint density at radius 1 is 1.44 bits per heavy atom. The number of amides is 1. The highest BCUT2D eigenvalue weighted by Gasteiger charge is 2.38. The normalized spacial score (nSPS) is 21.0. The van der Waals surface area contributed by atoms with Gasteiger partial charge in [0.2, 0.25) is 5.71 Å². The van der Waals surface area contributed by atoms with Crippen LogP contribution in [-0.4, -0.2) is 39.9 Å². The predicted octanol–water partition coefficient (Wildman–Crippen LogP) is 0.907. The standard InChI is InChI=1S/C14H14F3N3O5/c15-14(16,17)12(22)18-4-7-3-8-10(9-2-1-6(5-21)24-9)19-13(23)20-11(8)25-7/h3,6,9,21H,1-2,4-5H2,(H,18,22)(H,19,20,23)/t6-,9?/m0/s1. The number of alkyl halides is 3. The van der Waals surface area contributed by atoms with Crippen molar-refractivity contribution in [1.29, 1.82) is 0 Å². The van der Waals surface area contributed by atoms with E-state index in [2.05, 4.69) is 9.97 Å². The van der Waals surface area contributed by atoms with Gasteiger partial charge >= 0.3 is 17.8 Å². The van der Waals surface area contributed by atoms with Gasteiger partial charge in [0.25, 0.3) is 0 Å². The van der Waals surface area contributed by atoms with Crippen LogP contribution in [0.25, 0.3) is 11.1 Å². The highest BCUT2D eigenvalue weighted by atomic mass is 19.4. The molecule has 2 aromatic heterocycles. The molecule has 3 N–H and O–H groups in total. The number of aliphatic hydroxyl groups excluding tert-OH is 1. The number of halogens is 3. The molecule has 0 radical (unpaired) electrons. The second-order valence-corrected chi connectivity index (χ2v) is 5.57. The van der Waals surface area contributed by atoms with Crippen molar-refractivity contribution in [3.05, 3.63) is 28.0 Å². The molecule has 0 spiro atoms. The van der Waals surface area contributed by atoms with Gasteiger partial charge in [0.15, 0.2) is 0 Å². The minimum Gasteiger partial charge on any atom is -0.441 e. The average molecular weight is 361 g/mol. The number of H-pyrrole nitrogens is 1. The van der Waals surface area contributed by atoms with Crippen molar-refractivity contribution in [3.8, 4) is 0 Å². The Balaban J connectivity index is 1.86. The lowest BCUT2D eigenvalue weighted by molar-refractivity contribution is -0.173. The summed E-state index contributed by atoms with van der Waals surface area (Å²) in [4.78, 5) is 28.7. The van der Waals surface area contributed by atoms with Crippen LogP contribution >= 0.6 is 0 Å². The quantitative estimate of drug-likeness (QED) is 0.745. The fourth-order valence-electron chi connectivity index (χ4n) is 2.67. The molecule has 0 aromatic carbocycles. The second-order valence-electron chi connectivity index (χ2n) is 5.57. The summed E-state index contributed by atoms with van der Waals surface area (Å²) in [6, 6.07) is 1.39. The molecular formula is C14H14F3N3O5. The number of carbonyl (C=O) groups is 1. The predicted molar refractivity (Wildman–Crippen MR) is 76.5 cm³/mol. The Bertz CT molecular complexity index is 844. The molecule has 3 rings (SSSR count). The second kappa shape index (κ2) is 6.48. The largest absolute Gasteiger partial charge is 0.471 e. The van der Waals surface area contributed by atoms with E-state index in [1.165, 1.54) is 6.07 Å². The van der Waals surface area contributed by atoms with Crippen LogP contribution in [0, 0.1) is 0 Å². The van der Waals surface area contributed by atoms with E-state index in [1.54, 1.807) is 5.32 Å². The highest BCUT2D eigenvalue weighted by molar-refractivity contribution is 5.82. The first-order valence-corrected chi connectivity index (χ1v) is 7.42. The number of carbonyl (C=O) groups excluding carboxylic acids is 1. The van der Waals surface area contributed by atoms with Gasteiger partial charge in [-0.1, -0.05) is 0 Å². The van der Waals surface area contributed by atoms with Gasteiger partial charge in [0.05, 0.1) is 36.4 Å². The number of furan rings is 1. The molecule has 2 atom stereocenters. The molecule has 1 aliphatic rings. The van der Waals surface area contributed by atoms with Gasteiger partial charge in [0, 0.05) is 0 Å². The molecular weight excluding hydrogens is 347 g/mol. The van der Waals surface area contributed by atoms with Crippen LogP contribution in [0.15, 0.2) is 15.3 Å². The van der Waals surface area contributed by atoms with Crippen LogP contribution in [0.2, 0.25) is 0 Å². The van der Waals surface area contributed by atoms with Gasteiger partial charge < -0.3 is 24.6 Å². The van der Waals surface area contributed by atoms with Crippen LogP contribution in [0.1, 0.15) is 30.4 Å².